The normalized spacial score (nSPS) is 20.2. The third-order valence-corrected chi connectivity index (χ3v) is 2.75. The average molecular weight is 254 g/mol. The average Bonchev–Trinajstić information content (AvgIpc) is 2.38. The minimum Gasteiger partial charge on any atom is -0.480 e. The highest BCUT2D eigenvalue weighted by Gasteiger charge is 2.28. The van der Waals surface area contributed by atoms with Gasteiger partial charge in [0.05, 0.1) is 13.0 Å². The van der Waals surface area contributed by atoms with Crippen molar-refractivity contribution in [3.8, 4) is 0 Å². The Kier molecular flexibility index (Phi) is 5.20. The molecule has 100 valence electrons. The SMILES string of the molecule is O=C(O)CN1CCCN(CCC(F)(F)F)CC1. The first-order chi connectivity index (χ1) is 7.87. The number of alkyl halides is 3. The molecule has 0 spiro atoms. The van der Waals surface area contributed by atoms with Gasteiger partial charge in [0.2, 0.25) is 0 Å². The van der Waals surface area contributed by atoms with E-state index in [4.69, 9.17) is 5.11 Å². The molecule has 17 heavy (non-hydrogen) atoms. The van der Waals surface area contributed by atoms with Crippen molar-refractivity contribution in [3.63, 3.8) is 0 Å². The molecule has 4 nitrogen and oxygen atoms in total. The van der Waals surface area contributed by atoms with E-state index in [1.807, 2.05) is 0 Å². The smallest absolute Gasteiger partial charge is 0.390 e. The van der Waals surface area contributed by atoms with Crippen LogP contribution in [0.15, 0.2) is 0 Å². The van der Waals surface area contributed by atoms with Gasteiger partial charge in [0.15, 0.2) is 0 Å². The van der Waals surface area contributed by atoms with E-state index < -0.39 is 18.6 Å². The summed E-state index contributed by atoms with van der Waals surface area (Å²) < 4.78 is 36.1. The van der Waals surface area contributed by atoms with Crippen LogP contribution in [0.4, 0.5) is 13.2 Å². The molecule has 0 atom stereocenters. The summed E-state index contributed by atoms with van der Waals surface area (Å²) in [5.41, 5.74) is 0. The van der Waals surface area contributed by atoms with Gasteiger partial charge in [-0.1, -0.05) is 0 Å². The zero-order valence-corrected chi connectivity index (χ0v) is 9.54. The number of hydrogen-bond acceptors (Lipinski definition) is 3. The summed E-state index contributed by atoms with van der Waals surface area (Å²) in [5.74, 6) is -0.895. The van der Waals surface area contributed by atoms with Crippen LogP contribution < -0.4 is 0 Å². The van der Waals surface area contributed by atoms with Gasteiger partial charge in [-0.2, -0.15) is 13.2 Å². The zero-order valence-electron chi connectivity index (χ0n) is 9.54. The second kappa shape index (κ2) is 6.20. The molecular weight excluding hydrogens is 237 g/mol. The van der Waals surface area contributed by atoms with Gasteiger partial charge < -0.3 is 10.0 Å². The molecule has 0 amide bonds. The number of carbonyl (C=O) groups is 1. The predicted octanol–water partition coefficient (Wildman–Crippen LogP) is 1.03. The first-order valence-electron chi connectivity index (χ1n) is 5.60. The van der Waals surface area contributed by atoms with E-state index >= 15 is 0 Å². The number of halogens is 3. The highest BCUT2D eigenvalue weighted by molar-refractivity contribution is 5.69. The van der Waals surface area contributed by atoms with E-state index in [2.05, 4.69) is 0 Å². The van der Waals surface area contributed by atoms with Crippen LogP contribution in [0.3, 0.4) is 0 Å². The van der Waals surface area contributed by atoms with Crippen molar-refractivity contribution in [3.05, 3.63) is 0 Å². The molecule has 0 saturated carbocycles. The summed E-state index contributed by atoms with van der Waals surface area (Å²) in [4.78, 5) is 14.0. The quantitative estimate of drug-likeness (QED) is 0.814. The van der Waals surface area contributed by atoms with Crippen molar-refractivity contribution in [2.75, 3.05) is 39.3 Å². The Balaban J connectivity index is 2.30. The van der Waals surface area contributed by atoms with Crippen LogP contribution in [0, 0.1) is 0 Å². The summed E-state index contributed by atoms with van der Waals surface area (Å²) in [5, 5.41) is 8.63. The number of nitrogens with zero attached hydrogens (tertiary/aromatic N) is 2. The van der Waals surface area contributed by atoms with Gasteiger partial charge in [0.1, 0.15) is 0 Å². The summed E-state index contributed by atoms with van der Waals surface area (Å²) in [7, 11) is 0. The van der Waals surface area contributed by atoms with Crippen molar-refractivity contribution in [2.45, 2.75) is 19.0 Å². The fourth-order valence-corrected chi connectivity index (χ4v) is 1.88. The Morgan fingerprint density at radius 3 is 2.29 bits per heavy atom. The highest BCUT2D eigenvalue weighted by atomic mass is 19.4. The standard InChI is InChI=1S/C10H17F3N2O2/c11-10(12,13)2-5-14-3-1-4-15(7-6-14)8-9(16)17/h1-8H2,(H,16,17). The van der Waals surface area contributed by atoms with Crippen LogP contribution >= 0.6 is 0 Å². The van der Waals surface area contributed by atoms with Crippen molar-refractivity contribution >= 4 is 5.97 Å². The lowest BCUT2D eigenvalue weighted by molar-refractivity contribution is -0.138. The lowest BCUT2D eigenvalue weighted by Gasteiger charge is -2.21. The first kappa shape index (κ1) is 14.2. The third-order valence-electron chi connectivity index (χ3n) is 2.75. The van der Waals surface area contributed by atoms with E-state index in [0.29, 0.717) is 32.6 Å². The van der Waals surface area contributed by atoms with Gasteiger partial charge in [0, 0.05) is 26.2 Å². The second-order valence-electron chi connectivity index (χ2n) is 4.23. The maximum atomic E-state index is 12.0. The summed E-state index contributed by atoms with van der Waals surface area (Å²) >= 11 is 0. The maximum Gasteiger partial charge on any atom is 0.390 e. The zero-order chi connectivity index (χ0) is 12.9. The second-order valence-corrected chi connectivity index (χ2v) is 4.23. The number of rotatable bonds is 4. The van der Waals surface area contributed by atoms with Crippen molar-refractivity contribution in [1.29, 1.82) is 0 Å². The van der Waals surface area contributed by atoms with E-state index in [1.54, 1.807) is 9.80 Å². The molecular formula is C10H17F3N2O2. The molecule has 1 rings (SSSR count). The number of carboxylic acids is 1. The molecule has 0 radical (unpaired) electrons. The lowest BCUT2D eigenvalue weighted by atomic mass is 10.3. The van der Waals surface area contributed by atoms with Gasteiger partial charge >= 0.3 is 12.1 Å². The molecule has 1 fully saturated rings. The minimum atomic E-state index is -4.12. The van der Waals surface area contributed by atoms with Gasteiger partial charge in [-0.05, 0) is 13.0 Å². The van der Waals surface area contributed by atoms with Gasteiger partial charge in [-0.15, -0.1) is 0 Å². The van der Waals surface area contributed by atoms with Crippen LogP contribution in [-0.4, -0.2) is 66.3 Å². The molecule has 1 aliphatic heterocycles. The Labute approximate surface area is 98.0 Å². The minimum absolute atomic E-state index is 0.00438. The molecule has 1 N–H and O–H groups in total. The lowest BCUT2D eigenvalue weighted by Crippen LogP contribution is -2.35. The monoisotopic (exact) mass is 254 g/mol. The van der Waals surface area contributed by atoms with Crippen LogP contribution in [0.25, 0.3) is 0 Å². The van der Waals surface area contributed by atoms with Crippen molar-refractivity contribution in [1.82, 2.24) is 9.80 Å². The van der Waals surface area contributed by atoms with Crippen LogP contribution in [0.5, 0.6) is 0 Å². The molecule has 1 aliphatic rings. The Morgan fingerprint density at radius 2 is 1.71 bits per heavy atom. The topological polar surface area (TPSA) is 43.8 Å². The molecule has 0 aromatic rings. The van der Waals surface area contributed by atoms with Crippen molar-refractivity contribution < 1.29 is 23.1 Å². The first-order valence-corrected chi connectivity index (χ1v) is 5.60. The van der Waals surface area contributed by atoms with E-state index in [1.165, 1.54) is 0 Å². The molecule has 0 unspecified atom stereocenters. The number of carboxylic acid groups (broad SMARTS) is 1. The molecule has 0 aliphatic carbocycles. The number of hydrogen-bond donors (Lipinski definition) is 1. The maximum absolute atomic E-state index is 12.0. The Morgan fingerprint density at radius 1 is 1.12 bits per heavy atom. The molecule has 1 saturated heterocycles. The molecule has 0 aromatic carbocycles. The predicted molar refractivity (Wildman–Crippen MR) is 55.8 cm³/mol. The summed E-state index contributed by atoms with van der Waals surface area (Å²) in [6.07, 6.45) is -4.20. The Bertz CT molecular complexity index is 258. The van der Waals surface area contributed by atoms with E-state index in [0.717, 1.165) is 0 Å². The Hall–Kier alpha value is -0.820. The molecule has 7 heteroatoms. The summed E-state index contributed by atoms with van der Waals surface area (Å²) in [6, 6.07) is 0. The fourth-order valence-electron chi connectivity index (χ4n) is 1.88. The molecule has 0 bridgehead atoms. The number of aliphatic carboxylic acids is 1. The van der Waals surface area contributed by atoms with Crippen LogP contribution in [0.1, 0.15) is 12.8 Å². The highest BCUT2D eigenvalue weighted by Crippen LogP contribution is 2.20. The van der Waals surface area contributed by atoms with Crippen LogP contribution in [-0.2, 0) is 4.79 Å². The summed E-state index contributed by atoms with van der Waals surface area (Å²) in [6.45, 7) is 2.23. The molecule has 0 aromatic heterocycles. The van der Waals surface area contributed by atoms with Gasteiger partial charge in [0.25, 0.3) is 0 Å². The van der Waals surface area contributed by atoms with E-state index in [9.17, 15) is 18.0 Å². The van der Waals surface area contributed by atoms with Gasteiger partial charge in [-0.3, -0.25) is 9.69 Å². The van der Waals surface area contributed by atoms with Crippen molar-refractivity contribution in [2.24, 2.45) is 0 Å². The third kappa shape index (κ3) is 6.48. The van der Waals surface area contributed by atoms with Gasteiger partial charge in [-0.25, -0.2) is 0 Å². The fraction of sp³-hybridized carbons (Fsp3) is 0.900. The van der Waals surface area contributed by atoms with Crippen LogP contribution in [0.2, 0.25) is 0 Å². The van der Waals surface area contributed by atoms with E-state index in [-0.39, 0.29) is 13.1 Å². The largest absolute Gasteiger partial charge is 0.480 e. The molecule has 1 heterocycles.